The van der Waals surface area contributed by atoms with Crippen molar-refractivity contribution in [3.63, 3.8) is 0 Å². The predicted octanol–water partition coefficient (Wildman–Crippen LogP) is 5.80. The minimum absolute atomic E-state index is 0.560. The van der Waals surface area contributed by atoms with Gasteiger partial charge in [0.25, 0.3) is 0 Å². The molecule has 0 bridgehead atoms. The first-order valence-corrected chi connectivity index (χ1v) is 8.31. The van der Waals surface area contributed by atoms with Gasteiger partial charge in [0.05, 0.1) is 0 Å². The van der Waals surface area contributed by atoms with Gasteiger partial charge in [-0.2, -0.15) is 0 Å². The lowest BCUT2D eigenvalue weighted by atomic mass is 10.2. The third-order valence-electron chi connectivity index (χ3n) is 3.25. The fourth-order valence-electron chi connectivity index (χ4n) is 2.03. The van der Waals surface area contributed by atoms with Gasteiger partial charge < -0.3 is 10.1 Å². The Labute approximate surface area is 142 Å². The third kappa shape index (κ3) is 4.36. The maximum absolute atomic E-state index is 6.01. The maximum atomic E-state index is 6.01. The van der Waals surface area contributed by atoms with Gasteiger partial charge in [-0.1, -0.05) is 45.2 Å². The normalized spacial score (nSPS) is 14.2. The summed E-state index contributed by atoms with van der Waals surface area (Å²) in [5.41, 5.74) is 1.11. The van der Waals surface area contributed by atoms with Gasteiger partial charge in [-0.15, -0.1) is 0 Å². The number of hydrogen-bond donors (Lipinski definition) is 1. The van der Waals surface area contributed by atoms with Crippen LogP contribution in [0.3, 0.4) is 0 Å². The minimum Gasteiger partial charge on any atom is -0.457 e. The molecule has 2 nitrogen and oxygen atoms in total. The molecule has 2 aromatic carbocycles. The summed E-state index contributed by atoms with van der Waals surface area (Å²) in [4.78, 5) is 0. The van der Waals surface area contributed by atoms with Crippen LogP contribution in [0.25, 0.3) is 0 Å². The molecule has 1 fully saturated rings. The van der Waals surface area contributed by atoms with E-state index >= 15 is 0 Å². The molecule has 0 atom stereocenters. The second-order valence-corrected chi connectivity index (χ2v) is 6.90. The van der Waals surface area contributed by atoms with Gasteiger partial charge >= 0.3 is 0 Å². The summed E-state index contributed by atoms with van der Waals surface area (Å²) in [6.07, 6.45) is 2.52. The molecule has 0 spiro atoms. The van der Waals surface area contributed by atoms with Crippen molar-refractivity contribution in [1.29, 1.82) is 0 Å². The summed E-state index contributed by atoms with van der Waals surface area (Å²) in [5.74, 6) is 1.44. The molecule has 1 N–H and O–H groups in total. The Morgan fingerprint density at radius 1 is 1.10 bits per heavy atom. The smallest absolute Gasteiger partial charge is 0.133 e. The Balaban J connectivity index is 1.83. The minimum atomic E-state index is 0.560. The second-order valence-electron chi connectivity index (χ2n) is 5.11. The summed E-state index contributed by atoms with van der Waals surface area (Å²) in [7, 11) is 0. The number of rotatable bonds is 5. The summed E-state index contributed by atoms with van der Waals surface area (Å²) < 4.78 is 6.94. The van der Waals surface area contributed by atoms with E-state index < -0.39 is 0 Å². The van der Waals surface area contributed by atoms with Gasteiger partial charge in [-0.05, 0) is 43.2 Å². The van der Waals surface area contributed by atoms with Crippen molar-refractivity contribution in [3.8, 4) is 11.5 Å². The molecular formula is C16H14BrCl2NO. The maximum Gasteiger partial charge on any atom is 0.133 e. The van der Waals surface area contributed by atoms with E-state index in [1.165, 1.54) is 12.8 Å². The number of nitrogens with one attached hydrogen (secondary N) is 1. The quantitative estimate of drug-likeness (QED) is 0.700. The number of benzene rings is 2. The molecule has 1 aliphatic rings. The molecule has 5 heteroatoms. The van der Waals surface area contributed by atoms with Gasteiger partial charge in [0.1, 0.15) is 11.5 Å². The molecule has 0 unspecified atom stereocenters. The average Bonchev–Trinajstić information content (AvgIpc) is 3.20. The van der Waals surface area contributed by atoms with Crippen LogP contribution in [0.5, 0.6) is 11.5 Å². The Kier molecular flexibility index (Phi) is 4.75. The first kappa shape index (κ1) is 15.2. The Bertz CT molecular complexity index is 638. The van der Waals surface area contributed by atoms with E-state index in [4.69, 9.17) is 27.9 Å². The number of halogens is 3. The zero-order valence-corrected chi connectivity index (χ0v) is 14.3. The zero-order valence-electron chi connectivity index (χ0n) is 11.2. The van der Waals surface area contributed by atoms with Crippen molar-refractivity contribution in [2.24, 2.45) is 0 Å². The molecule has 110 valence electrons. The second kappa shape index (κ2) is 6.57. The fourth-order valence-corrected chi connectivity index (χ4v) is 2.87. The van der Waals surface area contributed by atoms with Crippen LogP contribution in [0, 0.1) is 0 Å². The van der Waals surface area contributed by atoms with Crippen LogP contribution in [-0.2, 0) is 6.54 Å². The van der Waals surface area contributed by atoms with Gasteiger partial charge in [0.2, 0.25) is 0 Å². The number of ether oxygens (including phenoxy) is 1. The molecule has 0 aliphatic heterocycles. The van der Waals surface area contributed by atoms with E-state index in [1.807, 2.05) is 12.1 Å². The summed E-state index contributed by atoms with van der Waals surface area (Å²) in [6.45, 7) is 0.793. The molecule has 0 heterocycles. The van der Waals surface area contributed by atoms with Crippen molar-refractivity contribution >= 4 is 39.1 Å². The Morgan fingerprint density at radius 3 is 2.48 bits per heavy atom. The lowest BCUT2D eigenvalue weighted by Crippen LogP contribution is -2.15. The molecule has 0 amide bonds. The highest BCUT2D eigenvalue weighted by Crippen LogP contribution is 2.32. The predicted molar refractivity (Wildman–Crippen MR) is 90.5 cm³/mol. The molecule has 21 heavy (non-hydrogen) atoms. The van der Waals surface area contributed by atoms with Crippen molar-refractivity contribution in [3.05, 3.63) is 56.5 Å². The molecule has 1 aliphatic carbocycles. The van der Waals surface area contributed by atoms with E-state index in [1.54, 1.807) is 18.2 Å². The van der Waals surface area contributed by atoms with Crippen LogP contribution in [0.4, 0.5) is 0 Å². The Morgan fingerprint density at radius 2 is 1.81 bits per heavy atom. The largest absolute Gasteiger partial charge is 0.457 e. The fraction of sp³-hybridized carbons (Fsp3) is 0.250. The molecule has 0 saturated heterocycles. The molecule has 3 rings (SSSR count). The lowest BCUT2D eigenvalue weighted by molar-refractivity contribution is 0.472. The van der Waals surface area contributed by atoms with E-state index in [2.05, 4.69) is 27.3 Å². The van der Waals surface area contributed by atoms with Gasteiger partial charge in [-0.25, -0.2) is 0 Å². The van der Waals surface area contributed by atoms with Crippen LogP contribution < -0.4 is 10.1 Å². The molecule has 0 radical (unpaired) electrons. The van der Waals surface area contributed by atoms with Gasteiger partial charge in [0.15, 0.2) is 0 Å². The first-order chi connectivity index (χ1) is 10.1. The highest BCUT2D eigenvalue weighted by atomic mass is 79.9. The summed E-state index contributed by atoms with van der Waals surface area (Å²) in [6, 6.07) is 11.9. The summed E-state index contributed by atoms with van der Waals surface area (Å²) >= 11 is 15.5. The van der Waals surface area contributed by atoms with E-state index in [0.717, 1.165) is 22.3 Å². The SMILES string of the molecule is Clc1cc(Cl)cc(Oc2cc(Br)ccc2CNC2CC2)c1. The summed E-state index contributed by atoms with van der Waals surface area (Å²) in [5, 5.41) is 4.61. The van der Waals surface area contributed by atoms with Crippen LogP contribution in [0.1, 0.15) is 18.4 Å². The van der Waals surface area contributed by atoms with Crippen LogP contribution >= 0.6 is 39.1 Å². The molecule has 1 saturated carbocycles. The third-order valence-corrected chi connectivity index (χ3v) is 4.18. The Hall–Kier alpha value is -0.740. The van der Waals surface area contributed by atoms with E-state index in [-0.39, 0.29) is 0 Å². The van der Waals surface area contributed by atoms with Crippen molar-refractivity contribution in [2.75, 3.05) is 0 Å². The highest BCUT2D eigenvalue weighted by molar-refractivity contribution is 9.10. The highest BCUT2D eigenvalue weighted by Gasteiger charge is 2.20. The lowest BCUT2D eigenvalue weighted by Gasteiger charge is -2.13. The van der Waals surface area contributed by atoms with E-state index in [0.29, 0.717) is 21.8 Å². The van der Waals surface area contributed by atoms with Crippen molar-refractivity contribution < 1.29 is 4.74 Å². The average molecular weight is 387 g/mol. The van der Waals surface area contributed by atoms with Crippen LogP contribution in [-0.4, -0.2) is 6.04 Å². The van der Waals surface area contributed by atoms with E-state index in [9.17, 15) is 0 Å². The van der Waals surface area contributed by atoms with Crippen LogP contribution in [0.15, 0.2) is 40.9 Å². The molecular weight excluding hydrogens is 373 g/mol. The van der Waals surface area contributed by atoms with Gasteiger partial charge in [0, 0.05) is 32.7 Å². The topological polar surface area (TPSA) is 21.3 Å². The van der Waals surface area contributed by atoms with Crippen LogP contribution in [0.2, 0.25) is 10.0 Å². The van der Waals surface area contributed by atoms with Crippen molar-refractivity contribution in [2.45, 2.75) is 25.4 Å². The molecule has 0 aromatic heterocycles. The first-order valence-electron chi connectivity index (χ1n) is 6.76. The molecule has 2 aromatic rings. The standard InChI is InChI=1S/C16H14BrCl2NO/c17-11-2-1-10(9-20-14-3-4-14)16(5-11)21-15-7-12(18)6-13(19)8-15/h1-2,5-8,14,20H,3-4,9H2. The zero-order chi connectivity index (χ0) is 14.8. The van der Waals surface area contributed by atoms with Crippen molar-refractivity contribution in [1.82, 2.24) is 5.32 Å². The number of hydrogen-bond acceptors (Lipinski definition) is 2. The monoisotopic (exact) mass is 385 g/mol. The van der Waals surface area contributed by atoms with Gasteiger partial charge in [-0.3, -0.25) is 0 Å².